The second-order valence-electron chi connectivity index (χ2n) is 4.80. The van der Waals surface area contributed by atoms with Gasteiger partial charge >= 0.3 is 11.7 Å². The molecule has 0 aliphatic carbocycles. The van der Waals surface area contributed by atoms with E-state index >= 15 is 0 Å². The number of esters is 1. The normalized spacial score (nSPS) is 11.3. The van der Waals surface area contributed by atoms with Gasteiger partial charge in [-0.05, 0) is 35.7 Å². The molecule has 1 aromatic heterocycles. The molecule has 2 rings (SSSR count). The van der Waals surface area contributed by atoms with E-state index in [9.17, 15) is 26.8 Å². The van der Waals surface area contributed by atoms with Crippen LogP contribution in [0.15, 0.2) is 46.7 Å². The molecule has 134 valence electrons. The molecule has 0 atom stereocenters. The summed E-state index contributed by atoms with van der Waals surface area (Å²) in [7, 11) is -4.68. The second kappa shape index (κ2) is 8.17. The largest absolute Gasteiger partial charge is 0.455 e. The lowest BCUT2D eigenvalue weighted by Gasteiger charge is -2.08. The van der Waals surface area contributed by atoms with Crippen molar-refractivity contribution in [2.24, 2.45) is 0 Å². The van der Waals surface area contributed by atoms with Crippen LogP contribution in [-0.4, -0.2) is 32.7 Å². The number of rotatable bonds is 7. The van der Waals surface area contributed by atoms with Crippen LogP contribution in [0.2, 0.25) is 0 Å². The lowest BCUT2D eigenvalue weighted by molar-refractivity contribution is -0.146. The van der Waals surface area contributed by atoms with Gasteiger partial charge in [-0.3, -0.25) is 9.59 Å². The Hall–Kier alpha value is -2.33. The van der Waals surface area contributed by atoms with Gasteiger partial charge in [-0.1, -0.05) is 6.07 Å². The Kier molecular flexibility index (Phi) is 6.21. The number of carbonyl (C=O) groups excluding carboxylic acids is 2. The minimum absolute atomic E-state index is 0.0606. The number of anilines is 1. The lowest BCUT2D eigenvalue weighted by Crippen LogP contribution is -2.21. The molecular formula is C15H13F2NO5S2. The molecule has 0 saturated heterocycles. The summed E-state index contributed by atoms with van der Waals surface area (Å²) >= 11 is 1.39. The minimum atomic E-state index is -4.68. The third-order valence-electron chi connectivity index (χ3n) is 2.96. The van der Waals surface area contributed by atoms with E-state index < -0.39 is 39.0 Å². The first-order valence-electron chi connectivity index (χ1n) is 6.89. The number of hydrogen-bond donors (Lipinski definition) is 1. The van der Waals surface area contributed by atoms with Gasteiger partial charge in [-0.15, -0.1) is 11.3 Å². The standard InChI is InChI=1S/C15H13F2NO5S2/c16-15(17)25(21,22)12-5-3-10(4-6-12)18-13(19)9-23-14(20)8-11-2-1-7-24-11/h1-7,15H,8-9H2,(H,18,19). The quantitative estimate of drug-likeness (QED) is 0.735. The number of benzene rings is 1. The van der Waals surface area contributed by atoms with Crippen molar-refractivity contribution in [1.29, 1.82) is 0 Å². The Morgan fingerprint density at radius 1 is 1.16 bits per heavy atom. The van der Waals surface area contributed by atoms with E-state index in [-0.39, 0.29) is 12.1 Å². The smallest absolute Gasteiger partial charge is 0.341 e. The van der Waals surface area contributed by atoms with E-state index in [0.29, 0.717) is 0 Å². The fourth-order valence-corrected chi connectivity index (χ4v) is 3.19. The first-order valence-corrected chi connectivity index (χ1v) is 9.31. The van der Waals surface area contributed by atoms with E-state index in [0.717, 1.165) is 17.0 Å². The third kappa shape index (κ3) is 5.33. The third-order valence-corrected chi connectivity index (χ3v) is 5.24. The van der Waals surface area contributed by atoms with Gasteiger partial charge in [0.25, 0.3) is 5.91 Å². The number of hydrogen-bond acceptors (Lipinski definition) is 6. The molecule has 1 N–H and O–H groups in total. The monoisotopic (exact) mass is 389 g/mol. The Balaban J connectivity index is 1.85. The molecule has 0 aliphatic rings. The zero-order valence-corrected chi connectivity index (χ0v) is 14.3. The first-order chi connectivity index (χ1) is 11.8. The number of carbonyl (C=O) groups is 2. The van der Waals surface area contributed by atoms with Crippen molar-refractivity contribution in [1.82, 2.24) is 0 Å². The van der Waals surface area contributed by atoms with Crippen molar-refractivity contribution in [3.8, 4) is 0 Å². The highest BCUT2D eigenvalue weighted by Gasteiger charge is 2.26. The van der Waals surface area contributed by atoms with Gasteiger partial charge in [-0.25, -0.2) is 8.42 Å². The van der Waals surface area contributed by atoms with Gasteiger partial charge in [0.15, 0.2) is 6.61 Å². The lowest BCUT2D eigenvalue weighted by atomic mass is 10.3. The predicted molar refractivity (Wildman–Crippen MR) is 87.2 cm³/mol. The van der Waals surface area contributed by atoms with Crippen molar-refractivity contribution < 1.29 is 31.5 Å². The maximum Gasteiger partial charge on any atom is 0.341 e. The molecule has 0 unspecified atom stereocenters. The fraction of sp³-hybridized carbons (Fsp3) is 0.200. The van der Waals surface area contributed by atoms with Gasteiger partial charge in [-0.2, -0.15) is 8.78 Å². The summed E-state index contributed by atoms with van der Waals surface area (Å²) in [6.07, 6.45) is 0.0606. The summed E-state index contributed by atoms with van der Waals surface area (Å²) in [6, 6.07) is 7.81. The molecule has 0 spiro atoms. The van der Waals surface area contributed by atoms with Crippen LogP contribution in [0.4, 0.5) is 14.5 Å². The Morgan fingerprint density at radius 3 is 2.40 bits per heavy atom. The van der Waals surface area contributed by atoms with Gasteiger partial charge in [0.1, 0.15) is 0 Å². The second-order valence-corrected chi connectivity index (χ2v) is 7.75. The average molecular weight is 389 g/mol. The number of sulfone groups is 1. The molecule has 1 amide bonds. The van der Waals surface area contributed by atoms with Crippen molar-refractivity contribution in [2.75, 3.05) is 11.9 Å². The van der Waals surface area contributed by atoms with E-state index in [1.807, 2.05) is 5.38 Å². The Labute approximate surface area is 146 Å². The van der Waals surface area contributed by atoms with Crippen molar-refractivity contribution in [3.05, 3.63) is 46.7 Å². The van der Waals surface area contributed by atoms with Gasteiger partial charge in [0.2, 0.25) is 9.84 Å². The van der Waals surface area contributed by atoms with E-state index in [4.69, 9.17) is 4.74 Å². The molecule has 0 fully saturated rings. The summed E-state index contributed by atoms with van der Waals surface area (Å²) in [6.45, 7) is -0.513. The zero-order chi connectivity index (χ0) is 18.4. The number of amides is 1. The molecule has 0 aliphatic heterocycles. The van der Waals surface area contributed by atoms with E-state index in [2.05, 4.69) is 5.32 Å². The minimum Gasteiger partial charge on any atom is -0.455 e. The van der Waals surface area contributed by atoms with Crippen molar-refractivity contribution in [3.63, 3.8) is 0 Å². The summed E-state index contributed by atoms with van der Waals surface area (Å²) < 4.78 is 52.2. The van der Waals surface area contributed by atoms with Crippen molar-refractivity contribution in [2.45, 2.75) is 17.1 Å². The molecule has 1 aromatic carbocycles. The summed E-state index contributed by atoms with van der Waals surface area (Å²) in [5.41, 5.74) is 0.188. The van der Waals surface area contributed by atoms with Crippen LogP contribution in [0.25, 0.3) is 0 Å². The van der Waals surface area contributed by atoms with E-state index in [1.165, 1.54) is 23.5 Å². The van der Waals surface area contributed by atoms with Crippen molar-refractivity contribution >= 4 is 38.7 Å². The first kappa shape index (κ1) is 19.0. The summed E-state index contributed by atoms with van der Waals surface area (Å²) in [5.74, 6) is -4.71. The predicted octanol–water partition coefficient (Wildman–Crippen LogP) is 2.47. The van der Waals surface area contributed by atoms with Gasteiger partial charge in [0, 0.05) is 10.6 Å². The summed E-state index contributed by atoms with van der Waals surface area (Å²) in [5, 5.41) is 4.18. The number of alkyl halides is 2. The van der Waals surface area contributed by atoms with Crippen LogP contribution in [0, 0.1) is 0 Å². The topological polar surface area (TPSA) is 89.5 Å². The highest BCUT2D eigenvalue weighted by atomic mass is 32.2. The molecule has 0 radical (unpaired) electrons. The summed E-state index contributed by atoms with van der Waals surface area (Å²) in [4.78, 5) is 23.5. The Morgan fingerprint density at radius 2 is 1.84 bits per heavy atom. The molecule has 0 saturated carbocycles. The maximum atomic E-state index is 12.4. The molecule has 1 heterocycles. The SMILES string of the molecule is O=C(COC(=O)Cc1cccs1)Nc1ccc(S(=O)(=O)C(F)F)cc1. The van der Waals surface area contributed by atoms with Crippen LogP contribution >= 0.6 is 11.3 Å². The van der Waals surface area contributed by atoms with Crippen LogP contribution in [0.1, 0.15) is 4.88 Å². The van der Waals surface area contributed by atoms with E-state index in [1.54, 1.807) is 12.1 Å². The number of halogens is 2. The molecule has 10 heteroatoms. The molecule has 6 nitrogen and oxygen atoms in total. The van der Waals surface area contributed by atoms with Crippen LogP contribution in [-0.2, 0) is 30.6 Å². The highest BCUT2D eigenvalue weighted by Crippen LogP contribution is 2.20. The molecule has 2 aromatic rings. The van der Waals surface area contributed by atoms with Gasteiger partial charge in [0.05, 0.1) is 11.3 Å². The average Bonchev–Trinajstić information content (AvgIpc) is 3.06. The number of ether oxygens (including phenoxy) is 1. The maximum absolute atomic E-state index is 12.4. The number of thiophene rings is 1. The molecular weight excluding hydrogens is 376 g/mol. The Bertz CT molecular complexity index is 833. The van der Waals surface area contributed by atoms with Gasteiger partial charge < -0.3 is 10.1 Å². The van der Waals surface area contributed by atoms with Crippen LogP contribution in [0.5, 0.6) is 0 Å². The zero-order valence-electron chi connectivity index (χ0n) is 12.6. The van der Waals surface area contributed by atoms with Crippen LogP contribution in [0.3, 0.4) is 0 Å². The molecule has 25 heavy (non-hydrogen) atoms. The number of nitrogens with one attached hydrogen (secondary N) is 1. The van der Waals surface area contributed by atoms with Crippen LogP contribution < -0.4 is 5.32 Å². The fourth-order valence-electron chi connectivity index (χ4n) is 1.78. The molecule has 0 bridgehead atoms. The highest BCUT2D eigenvalue weighted by molar-refractivity contribution is 7.91.